The van der Waals surface area contributed by atoms with Gasteiger partial charge in [0.1, 0.15) is 0 Å². The topological polar surface area (TPSA) is 26.3 Å². The Labute approximate surface area is 77.1 Å². The lowest BCUT2D eigenvalue weighted by Crippen LogP contribution is -1.94. The van der Waals surface area contributed by atoms with E-state index in [4.69, 9.17) is 11.6 Å². The molecule has 0 bridgehead atoms. The maximum absolute atomic E-state index is 9.31. The molecule has 0 aliphatic carbocycles. The predicted molar refractivity (Wildman–Crippen MR) is 48.9 cm³/mol. The molecule has 2 nitrogen and oxygen atoms in total. The number of benzene rings is 1. The molecule has 0 spiro atoms. The zero-order valence-corrected chi connectivity index (χ0v) is 7.57. The van der Waals surface area contributed by atoms with Crippen molar-refractivity contribution in [2.45, 2.75) is 12.5 Å². The summed E-state index contributed by atoms with van der Waals surface area (Å²) in [6.07, 6.45) is 0. The first-order chi connectivity index (χ1) is 5.77. The third-order valence-corrected chi connectivity index (χ3v) is 1.01. The van der Waals surface area contributed by atoms with E-state index in [1.54, 1.807) is 6.92 Å². The van der Waals surface area contributed by atoms with E-state index in [0.717, 1.165) is 0 Å². The summed E-state index contributed by atoms with van der Waals surface area (Å²) in [5, 5.41) is 0. The first-order valence-corrected chi connectivity index (χ1v) is 3.94. The largest absolute Gasteiger partial charge is 0.448 e. The van der Waals surface area contributed by atoms with Gasteiger partial charge >= 0.3 is 0 Å². The van der Waals surface area contributed by atoms with Crippen molar-refractivity contribution >= 4 is 18.1 Å². The first-order valence-electron chi connectivity index (χ1n) is 3.50. The Morgan fingerprint density at radius 3 is 1.58 bits per heavy atom. The third kappa shape index (κ3) is 8.98. The van der Waals surface area contributed by atoms with Gasteiger partial charge in [-0.25, -0.2) is 0 Å². The fourth-order valence-corrected chi connectivity index (χ4v) is 0.503. The molecular formula is C9H11ClO2. The summed E-state index contributed by atoms with van der Waals surface area (Å²) in [5.41, 5.74) is -0.498. The number of hydrogen-bond acceptors (Lipinski definition) is 2. The van der Waals surface area contributed by atoms with Gasteiger partial charge in [-0.15, -0.1) is 0 Å². The normalized spacial score (nSPS) is 10.5. The number of hydrogen-bond donors (Lipinski definition) is 0. The summed E-state index contributed by atoms with van der Waals surface area (Å²) in [6, 6.07) is 12.0. The van der Waals surface area contributed by atoms with Crippen LogP contribution in [-0.2, 0) is 9.53 Å². The second-order valence-electron chi connectivity index (χ2n) is 1.93. The molecule has 1 aromatic carbocycles. The second-order valence-corrected chi connectivity index (χ2v) is 2.54. The van der Waals surface area contributed by atoms with Crippen molar-refractivity contribution < 1.29 is 9.53 Å². The number of alkyl halides is 1. The molecule has 0 heterocycles. The average molecular weight is 187 g/mol. The minimum absolute atomic E-state index is 0.317. The lowest BCUT2D eigenvalue weighted by molar-refractivity contribution is -0.129. The second kappa shape index (κ2) is 8.08. The molecule has 0 aliphatic heterocycles. The fourth-order valence-electron chi connectivity index (χ4n) is 0.461. The van der Waals surface area contributed by atoms with Gasteiger partial charge < -0.3 is 4.74 Å². The zero-order valence-electron chi connectivity index (χ0n) is 6.81. The molecule has 0 radical (unpaired) electrons. The van der Waals surface area contributed by atoms with Crippen LogP contribution in [-0.4, -0.2) is 12.0 Å². The van der Waals surface area contributed by atoms with Crippen LogP contribution in [0.4, 0.5) is 0 Å². The van der Waals surface area contributed by atoms with Gasteiger partial charge in [0.15, 0.2) is 5.56 Å². The van der Waals surface area contributed by atoms with Crippen LogP contribution in [0.25, 0.3) is 0 Å². The van der Waals surface area contributed by atoms with Gasteiger partial charge in [0, 0.05) is 0 Å². The van der Waals surface area contributed by atoms with E-state index in [1.165, 1.54) is 0 Å². The number of rotatable bonds is 2. The summed E-state index contributed by atoms with van der Waals surface area (Å²) >= 11 is 5.12. The Morgan fingerprint density at radius 2 is 1.50 bits per heavy atom. The number of halogens is 1. The molecule has 3 heteroatoms. The summed E-state index contributed by atoms with van der Waals surface area (Å²) < 4.78 is 4.13. The van der Waals surface area contributed by atoms with Gasteiger partial charge in [-0.05, 0) is 6.92 Å². The molecule has 0 N–H and O–H groups in total. The molecule has 66 valence electrons. The first kappa shape index (κ1) is 11.0. The molecule has 1 aromatic rings. The smallest absolute Gasteiger partial charge is 0.294 e. The van der Waals surface area contributed by atoms with Gasteiger partial charge in [-0.1, -0.05) is 48.0 Å². The van der Waals surface area contributed by atoms with Crippen molar-refractivity contribution in [3.8, 4) is 0 Å². The highest BCUT2D eigenvalue weighted by atomic mass is 35.5. The van der Waals surface area contributed by atoms with Crippen molar-refractivity contribution in [2.75, 3.05) is 0 Å². The third-order valence-electron chi connectivity index (χ3n) is 0.910. The van der Waals surface area contributed by atoms with Crippen LogP contribution < -0.4 is 0 Å². The van der Waals surface area contributed by atoms with Crippen molar-refractivity contribution in [3.63, 3.8) is 0 Å². The lowest BCUT2D eigenvalue weighted by atomic mass is 10.4. The zero-order chi connectivity index (χ0) is 9.23. The monoisotopic (exact) mass is 186 g/mol. The SMILES string of the molecule is CC(Cl)OC=O.c1ccccc1. The summed E-state index contributed by atoms with van der Waals surface area (Å²) in [5.74, 6) is 0. The van der Waals surface area contributed by atoms with Crippen molar-refractivity contribution in [1.82, 2.24) is 0 Å². The van der Waals surface area contributed by atoms with E-state index < -0.39 is 5.56 Å². The van der Waals surface area contributed by atoms with Gasteiger partial charge in [0.2, 0.25) is 0 Å². The number of carbonyl (C=O) groups is 1. The lowest BCUT2D eigenvalue weighted by Gasteiger charge is -1.93. The Balaban J connectivity index is 0.000000202. The molecule has 0 saturated carbocycles. The Morgan fingerprint density at radius 1 is 1.17 bits per heavy atom. The Kier molecular flexibility index (Phi) is 7.39. The Hall–Kier alpha value is -1.02. The van der Waals surface area contributed by atoms with Gasteiger partial charge in [0.05, 0.1) is 0 Å². The molecule has 1 rings (SSSR count). The van der Waals surface area contributed by atoms with Gasteiger partial charge in [0.25, 0.3) is 6.47 Å². The van der Waals surface area contributed by atoms with Gasteiger partial charge in [-0.2, -0.15) is 0 Å². The summed E-state index contributed by atoms with van der Waals surface area (Å²) in [4.78, 5) is 9.31. The van der Waals surface area contributed by atoms with E-state index in [-0.39, 0.29) is 0 Å². The quantitative estimate of drug-likeness (QED) is 0.524. The average Bonchev–Trinajstić information content (AvgIpc) is 2.08. The van der Waals surface area contributed by atoms with Crippen LogP contribution in [0, 0.1) is 0 Å². The van der Waals surface area contributed by atoms with Crippen LogP contribution in [0.5, 0.6) is 0 Å². The Bertz CT molecular complexity index is 160. The van der Waals surface area contributed by atoms with E-state index in [9.17, 15) is 4.79 Å². The standard InChI is InChI=1S/C6H6.C3H5ClO2/c1-2-4-6-5-3-1;1-3(4)6-2-5/h1-6H;2-3H,1H3. The number of carbonyl (C=O) groups excluding carboxylic acids is 1. The van der Waals surface area contributed by atoms with E-state index in [0.29, 0.717) is 6.47 Å². The van der Waals surface area contributed by atoms with Gasteiger partial charge in [-0.3, -0.25) is 4.79 Å². The fraction of sp³-hybridized carbons (Fsp3) is 0.222. The molecule has 0 aromatic heterocycles. The minimum Gasteiger partial charge on any atom is -0.448 e. The highest BCUT2D eigenvalue weighted by molar-refractivity contribution is 6.19. The van der Waals surface area contributed by atoms with Crippen LogP contribution in [0.3, 0.4) is 0 Å². The predicted octanol–water partition coefficient (Wildman–Crippen LogP) is 2.43. The van der Waals surface area contributed by atoms with Crippen LogP contribution in [0.1, 0.15) is 6.92 Å². The number of ether oxygens (including phenoxy) is 1. The maximum atomic E-state index is 9.31. The molecule has 1 atom stereocenters. The highest BCUT2D eigenvalue weighted by Crippen LogP contribution is 1.89. The molecule has 12 heavy (non-hydrogen) atoms. The summed E-state index contributed by atoms with van der Waals surface area (Å²) in [7, 11) is 0. The highest BCUT2D eigenvalue weighted by Gasteiger charge is 1.86. The van der Waals surface area contributed by atoms with E-state index >= 15 is 0 Å². The molecule has 1 unspecified atom stereocenters. The van der Waals surface area contributed by atoms with Crippen molar-refractivity contribution in [2.24, 2.45) is 0 Å². The summed E-state index contributed by atoms with van der Waals surface area (Å²) in [6.45, 7) is 1.88. The van der Waals surface area contributed by atoms with Crippen molar-refractivity contribution in [3.05, 3.63) is 36.4 Å². The molecule has 0 fully saturated rings. The van der Waals surface area contributed by atoms with Crippen LogP contribution in [0.15, 0.2) is 36.4 Å². The van der Waals surface area contributed by atoms with Crippen LogP contribution >= 0.6 is 11.6 Å². The molecular weight excluding hydrogens is 176 g/mol. The van der Waals surface area contributed by atoms with Crippen LogP contribution in [0.2, 0.25) is 0 Å². The van der Waals surface area contributed by atoms with E-state index in [1.807, 2.05) is 36.4 Å². The van der Waals surface area contributed by atoms with Crippen molar-refractivity contribution in [1.29, 1.82) is 0 Å². The molecule has 0 saturated heterocycles. The minimum atomic E-state index is -0.498. The molecule has 0 aliphatic rings. The maximum Gasteiger partial charge on any atom is 0.294 e. The molecule has 0 amide bonds. The van der Waals surface area contributed by atoms with E-state index in [2.05, 4.69) is 4.74 Å².